The summed E-state index contributed by atoms with van der Waals surface area (Å²) in [5.74, 6) is -0.622. The van der Waals surface area contributed by atoms with E-state index >= 15 is 0 Å². The number of aromatic nitrogens is 2. The molecule has 0 saturated carbocycles. The van der Waals surface area contributed by atoms with Crippen LogP contribution in [0.1, 0.15) is 96.1 Å². The molecule has 4 aromatic rings. The van der Waals surface area contributed by atoms with E-state index in [1.807, 2.05) is 30.5 Å². The van der Waals surface area contributed by atoms with Crippen LogP contribution in [0.25, 0.3) is 21.9 Å². The van der Waals surface area contributed by atoms with Crippen molar-refractivity contribution >= 4 is 40.3 Å². The molecule has 2 atom stereocenters. The molecule has 5 heterocycles. The largest absolute Gasteiger partial charge is 0.496 e. The van der Waals surface area contributed by atoms with Gasteiger partial charge in [-0.3, -0.25) is 48.9 Å². The summed E-state index contributed by atoms with van der Waals surface area (Å²) in [5, 5.41) is 6.69. The van der Waals surface area contributed by atoms with E-state index in [9.17, 15) is 28.8 Å². The van der Waals surface area contributed by atoms with E-state index in [4.69, 9.17) is 9.47 Å². The maximum Gasteiger partial charge on any atom is 0.262 e. The maximum atomic E-state index is 13.3. The SMILES string of the molecule is COc1cc(-c2cn(C)c(=O)c3cnccc23)cc(OC)c1CN1CC[C@H]1C(=O)NCCCCCCCCCc1cccc2c1C(=O)N([C@H]1CCC(=O)NC1=O)C2=O. The molecule has 14 heteroatoms. The number of ether oxygens (including phenoxy) is 2. The number of imide groups is 2. The van der Waals surface area contributed by atoms with Crippen LogP contribution in [0.4, 0.5) is 0 Å². The average Bonchev–Trinajstić information content (AvgIpc) is 3.47. The third-order valence-corrected chi connectivity index (χ3v) is 11.7. The van der Waals surface area contributed by atoms with E-state index in [1.54, 1.807) is 50.4 Å². The van der Waals surface area contributed by atoms with Crippen LogP contribution in [-0.4, -0.2) is 88.3 Å². The summed E-state index contributed by atoms with van der Waals surface area (Å²) in [6.45, 7) is 1.90. The molecule has 0 spiro atoms. The van der Waals surface area contributed by atoms with Gasteiger partial charge in [-0.2, -0.15) is 0 Å². The van der Waals surface area contributed by atoms with E-state index < -0.39 is 29.7 Å². The van der Waals surface area contributed by atoms with Crippen LogP contribution in [-0.2, 0) is 34.4 Å². The highest BCUT2D eigenvalue weighted by atomic mass is 16.5. The van der Waals surface area contributed by atoms with Crippen molar-refractivity contribution in [2.75, 3.05) is 27.3 Å². The Morgan fingerprint density at radius 1 is 0.879 bits per heavy atom. The summed E-state index contributed by atoms with van der Waals surface area (Å²) in [4.78, 5) is 83.7. The highest BCUT2D eigenvalue weighted by Crippen LogP contribution is 2.39. The molecule has 7 rings (SSSR count). The Hall–Kier alpha value is -5.89. The topological polar surface area (TPSA) is 169 Å². The van der Waals surface area contributed by atoms with Crippen LogP contribution in [0.15, 0.2) is 59.8 Å². The number of piperidine rings is 1. The molecular formula is C44H50N6O8. The molecule has 2 saturated heterocycles. The molecule has 0 aliphatic carbocycles. The van der Waals surface area contributed by atoms with Gasteiger partial charge >= 0.3 is 0 Å². The predicted molar refractivity (Wildman–Crippen MR) is 216 cm³/mol. The van der Waals surface area contributed by atoms with E-state index in [1.165, 1.54) is 0 Å². The highest BCUT2D eigenvalue weighted by Gasteiger charge is 2.45. The van der Waals surface area contributed by atoms with Crippen molar-refractivity contribution < 1.29 is 33.4 Å². The van der Waals surface area contributed by atoms with Crippen molar-refractivity contribution in [3.8, 4) is 22.6 Å². The lowest BCUT2D eigenvalue weighted by molar-refractivity contribution is -0.136. The number of aryl methyl sites for hydroxylation is 2. The number of fused-ring (bicyclic) bond motifs is 2. The van der Waals surface area contributed by atoms with E-state index in [-0.39, 0.29) is 30.3 Å². The monoisotopic (exact) mass is 790 g/mol. The first kappa shape index (κ1) is 40.3. The number of nitrogens with zero attached hydrogens (tertiary/aromatic N) is 4. The fraction of sp³-hybridized carbons (Fsp3) is 0.432. The van der Waals surface area contributed by atoms with Crippen LogP contribution >= 0.6 is 0 Å². The number of amides is 5. The van der Waals surface area contributed by atoms with Gasteiger partial charge < -0.3 is 19.4 Å². The molecule has 304 valence electrons. The molecule has 2 fully saturated rings. The van der Waals surface area contributed by atoms with Gasteiger partial charge in [0.05, 0.1) is 42.3 Å². The number of rotatable bonds is 17. The number of benzene rings is 2. The first-order valence-electron chi connectivity index (χ1n) is 20.1. The van der Waals surface area contributed by atoms with Gasteiger partial charge in [-0.25, -0.2) is 0 Å². The Balaban J connectivity index is 0.832. The third-order valence-electron chi connectivity index (χ3n) is 11.7. The van der Waals surface area contributed by atoms with Crippen molar-refractivity contribution in [1.29, 1.82) is 0 Å². The third kappa shape index (κ3) is 8.11. The lowest BCUT2D eigenvalue weighted by atomic mass is 9.96. The average molecular weight is 791 g/mol. The van der Waals surface area contributed by atoms with Gasteiger partial charge in [0, 0.05) is 57.3 Å². The number of carbonyl (C=O) groups is 5. The standard InChI is InChI=1S/C44H50N6O8/c1-48-25-32(29-17-20-45-24-31(29)42(48)54)28-22-36(57-2)33(37(23-28)58-3)26-49-21-18-34(49)40(52)46-19-10-8-6-4-5-7-9-12-27-13-11-14-30-39(27)44(56)50(43(30)55)35-15-16-38(51)47-41(35)53/h11,13-14,17,20,22-25,34-35H,4-10,12,15-16,18-19,21,26H2,1-3H3,(H,46,52)(H,47,51,53)/t34-,35-/m0/s1. The molecule has 58 heavy (non-hydrogen) atoms. The first-order chi connectivity index (χ1) is 28.1. The molecule has 0 unspecified atom stereocenters. The lowest BCUT2D eigenvalue weighted by Gasteiger charge is -2.40. The summed E-state index contributed by atoms with van der Waals surface area (Å²) in [5.41, 5.74) is 3.95. The van der Waals surface area contributed by atoms with Gasteiger partial charge in [-0.1, -0.05) is 44.2 Å². The van der Waals surface area contributed by atoms with Gasteiger partial charge in [-0.05, 0) is 72.9 Å². The Bertz CT molecular complexity index is 2300. The van der Waals surface area contributed by atoms with Crippen LogP contribution in [0, 0.1) is 0 Å². The van der Waals surface area contributed by atoms with Gasteiger partial charge in [0.25, 0.3) is 17.4 Å². The fourth-order valence-corrected chi connectivity index (χ4v) is 8.41. The number of hydrogen-bond acceptors (Lipinski definition) is 10. The fourth-order valence-electron chi connectivity index (χ4n) is 8.41. The van der Waals surface area contributed by atoms with Crippen molar-refractivity contribution in [1.82, 2.24) is 30.0 Å². The van der Waals surface area contributed by atoms with Gasteiger partial charge in [-0.15, -0.1) is 0 Å². The van der Waals surface area contributed by atoms with Crippen molar-refractivity contribution in [3.63, 3.8) is 0 Å². The molecule has 5 amide bonds. The summed E-state index contributed by atoms with van der Waals surface area (Å²) >= 11 is 0. The van der Waals surface area contributed by atoms with Crippen molar-refractivity contribution in [2.45, 2.75) is 89.3 Å². The minimum Gasteiger partial charge on any atom is -0.496 e. The molecule has 14 nitrogen and oxygen atoms in total. The molecule has 3 aliphatic heterocycles. The number of methoxy groups -OCH3 is 2. The highest BCUT2D eigenvalue weighted by molar-refractivity contribution is 6.24. The first-order valence-corrected chi connectivity index (χ1v) is 20.1. The maximum absolute atomic E-state index is 13.3. The number of hydrogen-bond donors (Lipinski definition) is 2. The Kier molecular flexibility index (Phi) is 12.3. The summed E-state index contributed by atoms with van der Waals surface area (Å²) in [6, 6.07) is 9.82. The quantitative estimate of drug-likeness (QED) is 0.113. The van der Waals surface area contributed by atoms with Crippen molar-refractivity contribution in [2.24, 2.45) is 7.05 Å². The molecule has 2 aromatic heterocycles. The van der Waals surface area contributed by atoms with E-state index in [2.05, 4.69) is 20.5 Å². The molecule has 2 N–H and O–H groups in total. The normalized spacial score (nSPS) is 17.9. The summed E-state index contributed by atoms with van der Waals surface area (Å²) in [7, 11) is 4.96. The van der Waals surface area contributed by atoms with Gasteiger partial charge in [0.15, 0.2) is 0 Å². The van der Waals surface area contributed by atoms with E-state index in [0.29, 0.717) is 47.5 Å². The van der Waals surface area contributed by atoms with Gasteiger partial charge in [0.1, 0.15) is 17.5 Å². The van der Waals surface area contributed by atoms with E-state index in [0.717, 1.165) is 90.5 Å². The number of carbonyl (C=O) groups excluding carboxylic acids is 5. The van der Waals surface area contributed by atoms with Crippen LogP contribution < -0.4 is 25.7 Å². The van der Waals surface area contributed by atoms with Crippen molar-refractivity contribution in [3.05, 3.63) is 87.6 Å². The van der Waals surface area contributed by atoms with Crippen LogP contribution in [0.2, 0.25) is 0 Å². The summed E-state index contributed by atoms with van der Waals surface area (Å²) < 4.78 is 13.3. The minimum atomic E-state index is -0.967. The Morgan fingerprint density at radius 2 is 1.60 bits per heavy atom. The number of likely N-dealkylation sites (tertiary alicyclic amines) is 1. The number of unbranched alkanes of at least 4 members (excludes halogenated alkanes) is 6. The molecular weight excluding hydrogens is 741 g/mol. The zero-order chi connectivity index (χ0) is 40.9. The molecule has 2 aromatic carbocycles. The molecule has 3 aliphatic rings. The number of nitrogens with one attached hydrogen (secondary N) is 2. The lowest BCUT2D eigenvalue weighted by Crippen LogP contribution is -2.55. The summed E-state index contributed by atoms with van der Waals surface area (Å²) in [6.07, 6.45) is 13.7. The second-order valence-electron chi connectivity index (χ2n) is 15.3. The number of pyridine rings is 2. The molecule has 0 radical (unpaired) electrons. The zero-order valence-electron chi connectivity index (χ0n) is 33.3. The Labute approximate surface area is 336 Å². The second-order valence-corrected chi connectivity index (χ2v) is 15.3. The zero-order valence-corrected chi connectivity index (χ0v) is 33.3. The molecule has 0 bridgehead atoms. The smallest absolute Gasteiger partial charge is 0.262 e. The van der Waals surface area contributed by atoms with Gasteiger partial charge in [0.2, 0.25) is 17.7 Å². The van der Waals surface area contributed by atoms with Crippen LogP contribution in [0.3, 0.4) is 0 Å². The Morgan fingerprint density at radius 3 is 2.29 bits per heavy atom. The van der Waals surface area contributed by atoms with Crippen LogP contribution in [0.5, 0.6) is 11.5 Å². The minimum absolute atomic E-state index is 0.0268. The second kappa shape index (κ2) is 17.7. The predicted octanol–water partition coefficient (Wildman–Crippen LogP) is 4.68.